The molecule has 0 aliphatic heterocycles. The average Bonchev–Trinajstić information content (AvgIpc) is 2.26. The number of rotatable bonds is 3. The highest BCUT2D eigenvalue weighted by atomic mass is 16.3. The molecule has 0 saturated carbocycles. The van der Waals surface area contributed by atoms with Crippen LogP contribution in [0.25, 0.3) is 0 Å². The van der Waals surface area contributed by atoms with Gasteiger partial charge in [-0.1, -0.05) is 61.0 Å². The summed E-state index contributed by atoms with van der Waals surface area (Å²) in [4.78, 5) is 0. The summed E-state index contributed by atoms with van der Waals surface area (Å²) < 4.78 is 0. The van der Waals surface area contributed by atoms with Crippen LogP contribution < -0.4 is 0 Å². The van der Waals surface area contributed by atoms with E-state index in [-0.39, 0.29) is 10.8 Å². The zero-order chi connectivity index (χ0) is 15.7. The minimum atomic E-state index is -0.0696. The lowest BCUT2D eigenvalue weighted by atomic mass is 9.75. The van der Waals surface area contributed by atoms with Crippen molar-refractivity contribution in [1.29, 1.82) is 0 Å². The number of unbranched alkanes of at least 4 members (excludes halogenated alkanes) is 1. The first kappa shape index (κ1) is 17.1. The zero-order valence-electron chi connectivity index (χ0n) is 14.4. The summed E-state index contributed by atoms with van der Waals surface area (Å²) >= 11 is 0. The molecular weight excluding hydrogens is 244 g/mol. The largest absolute Gasteiger partial charge is 0.507 e. The number of hydrogen-bond donors (Lipinski definition) is 1. The normalized spacial score (nSPS) is 12.8. The SMILES string of the molecule is [CH2]c1cc(C(C)(C)C)c(O)c(C(C)(C)C)c1CCCC. The highest BCUT2D eigenvalue weighted by Crippen LogP contribution is 2.42. The van der Waals surface area contributed by atoms with E-state index in [1.165, 1.54) is 5.56 Å². The predicted octanol–water partition coefficient (Wildman–Crippen LogP) is 5.51. The molecule has 0 aliphatic rings. The summed E-state index contributed by atoms with van der Waals surface area (Å²) in [7, 11) is 0. The molecule has 0 atom stereocenters. The molecule has 0 saturated heterocycles. The fourth-order valence-electron chi connectivity index (χ4n) is 2.79. The first-order valence-electron chi connectivity index (χ1n) is 7.72. The van der Waals surface area contributed by atoms with Crippen molar-refractivity contribution in [2.75, 3.05) is 0 Å². The summed E-state index contributed by atoms with van der Waals surface area (Å²) in [6.07, 6.45) is 3.30. The standard InChI is InChI=1S/C19H31O/c1-9-10-11-14-13(2)12-15(18(3,4)5)17(20)16(14)19(6,7)8/h12,20H,2,9-11H2,1,3-8H3. The molecule has 0 unspecified atom stereocenters. The van der Waals surface area contributed by atoms with Gasteiger partial charge in [0.15, 0.2) is 0 Å². The maximum atomic E-state index is 10.8. The second kappa shape index (κ2) is 5.79. The van der Waals surface area contributed by atoms with Gasteiger partial charge in [0.2, 0.25) is 0 Å². The van der Waals surface area contributed by atoms with Crippen molar-refractivity contribution in [1.82, 2.24) is 0 Å². The van der Waals surface area contributed by atoms with Crippen LogP contribution in [0.1, 0.15) is 83.6 Å². The molecule has 0 aromatic heterocycles. The van der Waals surface area contributed by atoms with Gasteiger partial charge in [0.05, 0.1) is 0 Å². The first-order chi connectivity index (χ1) is 9.00. The Morgan fingerprint density at radius 3 is 2.00 bits per heavy atom. The molecule has 0 aliphatic carbocycles. The highest BCUT2D eigenvalue weighted by Gasteiger charge is 2.29. The Hall–Kier alpha value is -0.980. The maximum Gasteiger partial charge on any atom is 0.123 e. The lowest BCUT2D eigenvalue weighted by Crippen LogP contribution is -2.20. The molecule has 0 amide bonds. The van der Waals surface area contributed by atoms with Gasteiger partial charge in [0, 0.05) is 5.56 Å². The summed E-state index contributed by atoms with van der Waals surface area (Å²) in [5.41, 5.74) is 4.27. The molecule has 0 fully saturated rings. The summed E-state index contributed by atoms with van der Waals surface area (Å²) in [6, 6.07) is 2.08. The minimum Gasteiger partial charge on any atom is -0.507 e. The van der Waals surface area contributed by atoms with Crippen molar-refractivity contribution in [3.63, 3.8) is 0 Å². The summed E-state index contributed by atoms with van der Waals surface area (Å²) in [5.74, 6) is 0.475. The molecule has 0 bridgehead atoms. The van der Waals surface area contributed by atoms with E-state index in [1.54, 1.807) is 0 Å². The lowest BCUT2D eigenvalue weighted by Gasteiger charge is -2.31. The third kappa shape index (κ3) is 3.56. The Kier molecular flexibility index (Phi) is 4.94. The van der Waals surface area contributed by atoms with Crippen LogP contribution in [0.5, 0.6) is 5.75 Å². The third-order valence-electron chi connectivity index (χ3n) is 3.84. The van der Waals surface area contributed by atoms with E-state index in [9.17, 15) is 5.11 Å². The van der Waals surface area contributed by atoms with Gasteiger partial charge in [-0.25, -0.2) is 0 Å². The number of phenols is 1. The smallest absolute Gasteiger partial charge is 0.123 e. The van der Waals surface area contributed by atoms with Crippen LogP contribution in [-0.2, 0) is 17.3 Å². The molecule has 1 rings (SSSR count). The van der Waals surface area contributed by atoms with E-state index in [2.05, 4.69) is 61.5 Å². The molecule has 1 nitrogen and oxygen atoms in total. The molecule has 1 heteroatoms. The van der Waals surface area contributed by atoms with Crippen molar-refractivity contribution in [3.8, 4) is 5.75 Å². The minimum absolute atomic E-state index is 0.0686. The van der Waals surface area contributed by atoms with Crippen LogP contribution in [-0.4, -0.2) is 5.11 Å². The predicted molar refractivity (Wildman–Crippen MR) is 88.6 cm³/mol. The molecular formula is C19H31O. The van der Waals surface area contributed by atoms with Gasteiger partial charge in [0.25, 0.3) is 0 Å². The van der Waals surface area contributed by atoms with Crippen LogP contribution >= 0.6 is 0 Å². The molecule has 1 N–H and O–H groups in total. The van der Waals surface area contributed by atoms with Crippen LogP contribution in [0.2, 0.25) is 0 Å². The molecule has 0 spiro atoms. The topological polar surface area (TPSA) is 20.2 Å². The van der Waals surface area contributed by atoms with Crippen molar-refractivity contribution in [2.45, 2.75) is 78.6 Å². The molecule has 1 radical (unpaired) electrons. The van der Waals surface area contributed by atoms with E-state index in [4.69, 9.17) is 0 Å². The molecule has 0 heterocycles. The van der Waals surface area contributed by atoms with Gasteiger partial charge in [-0.3, -0.25) is 0 Å². The molecule has 113 valence electrons. The Labute approximate surface area is 125 Å². The first-order valence-corrected chi connectivity index (χ1v) is 7.72. The maximum absolute atomic E-state index is 10.8. The van der Waals surface area contributed by atoms with Gasteiger partial charge < -0.3 is 5.11 Å². The second-order valence-corrected chi connectivity index (χ2v) is 7.89. The average molecular weight is 275 g/mol. The molecule has 20 heavy (non-hydrogen) atoms. The molecule has 1 aromatic carbocycles. The lowest BCUT2D eigenvalue weighted by molar-refractivity contribution is 0.420. The van der Waals surface area contributed by atoms with Gasteiger partial charge >= 0.3 is 0 Å². The molecule has 1 aromatic rings. The van der Waals surface area contributed by atoms with Crippen LogP contribution in [0.15, 0.2) is 6.07 Å². The van der Waals surface area contributed by atoms with E-state index in [0.717, 1.165) is 36.0 Å². The van der Waals surface area contributed by atoms with Crippen molar-refractivity contribution >= 4 is 0 Å². The van der Waals surface area contributed by atoms with Gasteiger partial charge in [0.1, 0.15) is 5.75 Å². The fraction of sp³-hybridized carbons (Fsp3) is 0.632. The van der Waals surface area contributed by atoms with Gasteiger partial charge in [-0.15, -0.1) is 0 Å². The van der Waals surface area contributed by atoms with Gasteiger partial charge in [-0.2, -0.15) is 0 Å². The van der Waals surface area contributed by atoms with Crippen LogP contribution in [0.4, 0.5) is 0 Å². The highest BCUT2D eigenvalue weighted by molar-refractivity contribution is 5.56. The van der Waals surface area contributed by atoms with E-state index >= 15 is 0 Å². The van der Waals surface area contributed by atoms with Gasteiger partial charge in [-0.05, 0) is 47.3 Å². The number of aromatic hydroxyl groups is 1. The summed E-state index contributed by atoms with van der Waals surface area (Å²) in [5, 5.41) is 10.8. The Balaban J connectivity index is 3.59. The Morgan fingerprint density at radius 2 is 1.60 bits per heavy atom. The van der Waals surface area contributed by atoms with Crippen LogP contribution in [0, 0.1) is 6.92 Å². The van der Waals surface area contributed by atoms with E-state index in [0.29, 0.717) is 5.75 Å². The number of benzene rings is 1. The van der Waals surface area contributed by atoms with E-state index in [1.807, 2.05) is 0 Å². The zero-order valence-corrected chi connectivity index (χ0v) is 14.4. The van der Waals surface area contributed by atoms with Crippen molar-refractivity contribution in [2.24, 2.45) is 0 Å². The van der Waals surface area contributed by atoms with Crippen LogP contribution in [0.3, 0.4) is 0 Å². The Morgan fingerprint density at radius 1 is 1.05 bits per heavy atom. The van der Waals surface area contributed by atoms with E-state index < -0.39 is 0 Å². The monoisotopic (exact) mass is 275 g/mol. The quantitative estimate of drug-likeness (QED) is 0.771. The summed E-state index contributed by atoms with van der Waals surface area (Å²) in [6.45, 7) is 19.4. The van der Waals surface area contributed by atoms with Crippen molar-refractivity contribution < 1.29 is 5.11 Å². The fourth-order valence-corrected chi connectivity index (χ4v) is 2.79. The van der Waals surface area contributed by atoms with Crippen molar-refractivity contribution in [3.05, 3.63) is 35.2 Å². The third-order valence-corrected chi connectivity index (χ3v) is 3.84. The second-order valence-electron chi connectivity index (χ2n) is 7.89. The number of phenolic OH excluding ortho intramolecular Hbond substituents is 1. The number of hydrogen-bond acceptors (Lipinski definition) is 1. The Bertz CT molecular complexity index is 470.